The van der Waals surface area contributed by atoms with Crippen LogP contribution in [0.3, 0.4) is 0 Å². The van der Waals surface area contributed by atoms with E-state index in [1.165, 1.54) is 0 Å². The molecule has 0 amide bonds. The summed E-state index contributed by atoms with van der Waals surface area (Å²) < 4.78 is 78.0. The summed E-state index contributed by atoms with van der Waals surface area (Å²) in [6.07, 6.45) is 0. The maximum Gasteiger partial charge on any atom is 0.135 e. The van der Waals surface area contributed by atoms with Gasteiger partial charge in [-0.1, -0.05) is 145 Å². The van der Waals surface area contributed by atoms with Crippen LogP contribution in [0.4, 0.5) is 0 Å². The summed E-state index contributed by atoms with van der Waals surface area (Å²) in [5, 5.41) is 2.75. The van der Waals surface area contributed by atoms with Crippen LogP contribution in [0, 0.1) is 0 Å². The van der Waals surface area contributed by atoms with Crippen LogP contribution in [0.15, 0.2) is 174 Å². The molecule has 0 aliphatic rings. The lowest BCUT2D eigenvalue weighted by Crippen LogP contribution is -1.91. The van der Waals surface area contributed by atoms with Crippen LogP contribution in [-0.4, -0.2) is 0 Å². The summed E-state index contributed by atoms with van der Waals surface area (Å²) in [7, 11) is 0. The van der Waals surface area contributed by atoms with E-state index in [-0.39, 0.29) is 45.7 Å². The molecule has 0 atom stereocenters. The van der Waals surface area contributed by atoms with Gasteiger partial charge in [-0.2, -0.15) is 0 Å². The van der Waals surface area contributed by atoms with Gasteiger partial charge in [0.05, 0.1) is 11.0 Å². The molecule has 0 bridgehead atoms. The number of rotatable bonds is 4. The highest BCUT2D eigenvalue weighted by molar-refractivity contribution is 6.21. The van der Waals surface area contributed by atoms with Crippen molar-refractivity contribution in [2.75, 3.05) is 0 Å². The molecule has 0 fully saturated rings. The lowest BCUT2D eigenvalue weighted by molar-refractivity contribution is 0.669. The third-order valence-electron chi connectivity index (χ3n) is 8.52. The van der Waals surface area contributed by atoms with Crippen molar-refractivity contribution >= 4 is 43.5 Å². The van der Waals surface area contributed by atoms with Gasteiger partial charge in [-0.15, -0.1) is 0 Å². The van der Waals surface area contributed by atoms with E-state index in [2.05, 4.69) is 6.07 Å². The molecule has 1 heterocycles. The quantitative estimate of drug-likeness (QED) is 0.189. The second-order valence-electron chi connectivity index (χ2n) is 11.1. The first kappa shape index (κ1) is 18.7. The topological polar surface area (TPSA) is 13.1 Å². The minimum atomic E-state index is -0.426. The number of para-hydroxylation sites is 1. The standard InChI is InChI=1S/C44H28O/c1-2-11-29(12-3-1)32-13-10-14-34(27-32)44-38-18-6-4-16-36(38)43(37-17-5-7-19-39(37)44)31-23-21-30(22-24-31)33-25-26-42-40(28-33)35-15-8-9-20-41(35)45-42/h1-28H/i4D,5D,6D,7D,16D,17D,18D,19D. The lowest BCUT2D eigenvalue weighted by atomic mass is 9.85. The number of hydrogen-bond acceptors (Lipinski definition) is 1. The maximum absolute atomic E-state index is 9.26. The monoisotopic (exact) mass is 580 g/mol. The normalized spacial score (nSPS) is 14.0. The first-order chi connectivity index (χ1) is 25.6. The van der Waals surface area contributed by atoms with Gasteiger partial charge < -0.3 is 4.42 Å². The van der Waals surface area contributed by atoms with E-state index in [1.807, 2.05) is 115 Å². The van der Waals surface area contributed by atoms with Gasteiger partial charge in [0.25, 0.3) is 0 Å². The molecule has 0 aliphatic carbocycles. The molecule has 0 saturated heterocycles. The fourth-order valence-corrected chi connectivity index (χ4v) is 6.42. The van der Waals surface area contributed by atoms with Crippen molar-refractivity contribution in [1.82, 2.24) is 0 Å². The molecule has 0 saturated carbocycles. The van der Waals surface area contributed by atoms with Crippen LogP contribution < -0.4 is 0 Å². The molecule has 0 unspecified atom stereocenters. The van der Waals surface area contributed by atoms with Crippen molar-refractivity contribution in [3.63, 3.8) is 0 Å². The van der Waals surface area contributed by atoms with Crippen molar-refractivity contribution < 1.29 is 15.4 Å². The Balaban J connectivity index is 1.36. The Bertz CT molecular complexity index is 2890. The van der Waals surface area contributed by atoms with Gasteiger partial charge in [-0.3, -0.25) is 0 Å². The Morgan fingerprint density at radius 3 is 1.53 bits per heavy atom. The fraction of sp³-hybridized carbons (Fsp3) is 0. The SMILES string of the molecule is [2H]c1c([2H])c([2H])c2c(-c3cccc(-c4ccccc4)c3)c3c([2H])c([2H])c([2H])c([2H])c3c(-c3ccc(-c4ccc5oc6ccccc6c5c4)cc3)c2c1[2H]. The highest BCUT2D eigenvalue weighted by Gasteiger charge is 2.17. The molecular formula is C44H28O. The van der Waals surface area contributed by atoms with Crippen molar-refractivity contribution in [2.24, 2.45) is 0 Å². The second-order valence-corrected chi connectivity index (χ2v) is 11.1. The predicted octanol–water partition coefficient (Wildman–Crippen LogP) is 12.6. The average molecular weight is 581 g/mol. The van der Waals surface area contributed by atoms with Crippen LogP contribution in [0.25, 0.3) is 88.0 Å². The fourth-order valence-electron chi connectivity index (χ4n) is 6.42. The van der Waals surface area contributed by atoms with Crippen LogP contribution in [0.2, 0.25) is 0 Å². The maximum atomic E-state index is 9.26. The highest BCUT2D eigenvalue weighted by Crippen LogP contribution is 2.44. The van der Waals surface area contributed by atoms with E-state index in [0.29, 0.717) is 22.3 Å². The van der Waals surface area contributed by atoms with Crippen molar-refractivity contribution in [1.29, 1.82) is 0 Å². The van der Waals surface area contributed by atoms with Crippen LogP contribution in [0.1, 0.15) is 11.0 Å². The van der Waals surface area contributed by atoms with Gasteiger partial charge in [0.15, 0.2) is 0 Å². The number of hydrogen-bond donors (Lipinski definition) is 0. The van der Waals surface area contributed by atoms with E-state index in [4.69, 9.17) is 9.90 Å². The lowest BCUT2D eigenvalue weighted by Gasteiger charge is -2.18. The molecule has 0 aliphatic heterocycles. The number of furan rings is 1. The van der Waals surface area contributed by atoms with Crippen molar-refractivity contribution in [2.45, 2.75) is 0 Å². The third kappa shape index (κ3) is 4.24. The summed E-state index contributed by atoms with van der Waals surface area (Å²) >= 11 is 0. The third-order valence-corrected chi connectivity index (χ3v) is 8.52. The first-order valence-corrected chi connectivity index (χ1v) is 14.8. The summed E-state index contributed by atoms with van der Waals surface area (Å²) in [6.45, 7) is 0. The van der Waals surface area contributed by atoms with E-state index in [9.17, 15) is 5.48 Å². The smallest absolute Gasteiger partial charge is 0.135 e. The van der Waals surface area contributed by atoms with Gasteiger partial charge in [-0.05, 0) is 90.3 Å². The molecular weight excluding hydrogens is 544 g/mol. The first-order valence-electron chi connectivity index (χ1n) is 18.8. The minimum Gasteiger partial charge on any atom is -0.456 e. The molecule has 1 heteroatoms. The molecule has 8 aromatic carbocycles. The summed E-state index contributed by atoms with van der Waals surface area (Å²) in [5.74, 6) is 0. The summed E-state index contributed by atoms with van der Waals surface area (Å²) in [4.78, 5) is 0. The molecule has 1 nitrogen and oxygen atoms in total. The summed E-state index contributed by atoms with van der Waals surface area (Å²) in [5.41, 5.74) is 6.98. The Labute approximate surface area is 272 Å². The van der Waals surface area contributed by atoms with E-state index in [1.54, 1.807) is 0 Å². The second kappa shape index (κ2) is 10.4. The van der Waals surface area contributed by atoms with Gasteiger partial charge in [0.1, 0.15) is 11.2 Å². The Hall–Kier alpha value is -5.92. The van der Waals surface area contributed by atoms with Gasteiger partial charge >= 0.3 is 0 Å². The number of fused-ring (bicyclic) bond motifs is 5. The summed E-state index contributed by atoms with van der Waals surface area (Å²) in [6, 6.07) is 35.8. The van der Waals surface area contributed by atoms with Crippen LogP contribution in [0.5, 0.6) is 0 Å². The zero-order chi connectivity index (χ0) is 36.7. The molecule has 45 heavy (non-hydrogen) atoms. The van der Waals surface area contributed by atoms with Crippen LogP contribution >= 0.6 is 0 Å². The zero-order valence-electron chi connectivity index (χ0n) is 32.0. The Morgan fingerprint density at radius 1 is 0.333 bits per heavy atom. The molecule has 9 rings (SSSR count). The largest absolute Gasteiger partial charge is 0.456 e. The molecule has 0 spiro atoms. The minimum absolute atomic E-state index is 0.188. The van der Waals surface area contributed by atoms with Crippen molar-refractivity contribution in [3.8, 4) is 44.5 Å². The van der Waals surface area contributed by atoms with E-state index >= 15 is 0 Å². The number of benzene rings is 8. The molecule has 210 valence electrons. The van der Waals surface area contributed by atoms with Gasteiger partial charge in [0.2, 0.25) is 0 Å². The predicted molar refractivity (Wildman–Crippen MR) is 190 cm³/mol. The Kier molecular flexibility index (Phi) is 4.30. The van der Waals surface area contributed by atoms with Gasteiger partial charge in [-0.25, -0.2) is 0 Å². The van der Waals surface area contributed by atoms with Gasteiger partial charge in [0, 0.05) is 10.8 Å². The van der Waals surface area contributed by atoms with E-state index < -0.39 is 24.2 Å². The Morgan fingerprint density at radius 2 is 0.822 bits per heavy atom. The molecule has 0 N–H and O–H groups in total. The molecule has 9 aromatic rings. The molecule has 1 aromatic heterocycles. The van der Waals surface area contributed by atoms with Crippen molar-refractivity contribution in [3.05, 3.63) is 170 Å². The van der Waals surface area contributed by atoms with Crippen LogP contribution in [-0.2, 0) is 0 Å². The average Bonchev–Trinajstić information content (AvgIpc) is 3.58. The molecule has 0 radical (unpaired) electrons. The zero-order valence-corrected chi connectivity index (χ0v) is 24.0. The van der Waals surface area contributed by atoms with E-state index in [0.717, 1.165) is 44.2 Å². The highest BCUT2D eigenvalue weighted by atomic mass is 16.3.